The van der Waals surface area contributed by atoms with Gasteiger partial charge in [-0.05, 0) is 114 Å². The Morgan fingerprint density at radius 3 is 1.89 bits per heavy atom. The van der Waals surface area contributed by atoms with Gasteiger partial charge in [0, 0.05) is 45.2 Å². The molecular formula is C54H44N2O. The van der Waals surface area contributed by atoms with Crippen LogP contribution in [-0.4, -0.2) is 6.04 Å². The van der Waals surface area contributed by atoms with E-state index in [1.165, 1.54) is 50.6 Å². The smallest absolute Gasteiger partial charge is 0.135 e. The second kappa shape index (κ2) is 15.4. The molecule has 3 nitrogen and oxygen atoms in total. The van der Waals surface area contributed by atoms with Crippen LogP contribution < -0.4 is 9.80 Å². The molecule has 0 bridgehead atoms. The SMILES string of the molecule is C1=CCC(N(C2=CC(N(C3=CCCC=C3)c3ccccc3)=CC(c3cccc(-c4ccc5oc6ccc(-c7ccccc7)cc6c5c4)c3)C2)c2ccccc2)C=C1. The number of hydrogen-bond donors (Lipinski definition) is 0. The van der Waals surface area contributed by atoms with E-state index >= 15 is 0 Å². The monoisotopic (exact) mass is 736 g/mol. The zero-order chi connectivity index (χ0) is 38.0. The number of furan rings is 1. The Hall–Kier alpha value is -6.84. The average molecular weight is 737 g/mol. The molecule has 0 saturated heterocycles. The van der Waals surface area contributed by atoms with Gasteiger partial charge in [-0.3, -0.25) is 0 Å². The van der Waals surface area contributed by atoms with Gasteiger partial charge in [0.25, 0.3) is 0 Å². The van der Waals surface area contributed by atoms with E-state index in [9.17, 15) is 0 Å². The molecule has 6 aromatic carbocycles. The molecule has 3 heteroatoms. The molecule has 10 rings (SSSR count). The van der Waals surface area contributed by atoms with Gasteiger partial charge < -0.3 is 14.2 Å². The molecule has 0 fully saturated rings. The highest BCUT2D eigenvalue weighted by Gasteiger charge is 2.29. The van der Waals surface area contributed by atoms with E-state index in [1.54, 1.807) is 0 Å². The number of benzene rings is 6. The van der Waals surface area contributed by atoms with Crippen molar-refractivity contribution in [2.75, 3.05) is 9.80 Å². The molecule has 0 radical (unpaired) electrons. The summed E-state index contributed by atoms with van der Waals surface area (Å²) < 4.78 is 6.35. The van der Waals surface area contributed by atoms with Gasteiger partial charge in [-0.1, -0.05) is 146 Å². The second-order valence-corrected chi connectivity index (χ2v) is 15.2. The van der Waals surface area contributed by atoms with Crippen LogP contribution in [0.4, 0.5) is 11.4 Å². The summed E-state index contributed by atoms with van der Waals surface area (Å²) in [6.45, 7) is 0. The summed E-state index contributed by atoms with van der Waals surface area (Å²) in [5, 5.41) is 2.27. The highest BCUT2D eigenvalue weighted by Crippen LogP contribution is 2.42. The van der Waals surface area contributed by atoms with Gasteiger partial charge in [0.15, 0.2) is 0 Å². The maximum absolute atomic E-state index is 6.35. The fourth-order valence-corrected chi connectivity index (χ4v) is 8.71. The predicted octanol–water partition coefficient (Wildman–Crippen LogP) is 14.3. The molecular weight excluding hydrogens is 693 g/mol. The quantitative estimate of drug-likeness (QED) is 0.147. The Kier molecular flexibility index (Phi) is 9.33. The van der Waals surface area contributed by atoms with Crippen LogP contribution in [0.1, 0.15) is 37.2 Å². The maximum Gasteiger partial charge on any atom is 0.135 e. The van der Waals surface area contributed by atoms with Gasteiger partial charge in [0.05, 0.1) is 6.04 Å². The molecule has 7 aromatic rings. The van der Waals surface area contributed by atoms with Crippen molar-refractivity contribution < 1.29 is 4.42 Å². The third-order valence-electron chi connectivity index (χ3n) is 11.5. The van der Waals surface area contributed by atoms with Crippen LogP contribution in [0.5, 0.6) is 0 Å². The largest absolute Gasteiger partial charge is 0.456 e. The highest BCUT2D eigenvalue weighted by molar-refractivity contribution is 6.07. The van der Waals surface area contributed by atoms with Crippen molar-refractivity contribution >= 4 is 33.3 Å². The number of fused-ring (bicyclic) bond motifs is 3. The molecule has 3 aliphatic rings. The fraction of sp³-hybridized carbons (Fsp3) is 0.111. The molecule has 1 heterocycles. The summed E-state index contributed by atoms with van der Waals surface area (Å²) in [5.74, 6) is 0.139. The van der Waals surface area contributed by atoms with Gasteiger partial charge >= 0.3 is 0 Å². The first-order valence-electron chi connectivity index (χ1n) is 20.2. The molecule has 276 valence electrons. The Labute approximate surface area is 335 Å². The molecule has 1 aromatic heterocycles. The van der Waals surface area contributed by atoms with E-state index in [2.05, 4.69) is 216 Å². The van der Waals surface area contributed by atoms with E-state index in [0.717, 1.165) is 53.3 Å². The summed E-state index contributed by atoms with van der Waals surface area (Å²) >= 11 is 0. The fourth-order valence-electron chi connectivity index (χ4n) is 8.71. The lowest BCUT2D eigenvalue weighted by Gasteiger charge is -2.39. The summed E-state index contributed by atoms with van der Waals surface area (Å²) in [6, 6.07) is 54.9. The first-order chi connectivity index (χ1) is 28.2. The molecule has 0 aliphatic heterocycles. The minimum Gasteiger partial charge on any atom is -0.456 e. The Morgan fingerprint density at radius 2 is 1.21 bits per heavy atom. The van der Waals surface area contributed by atoms with Crippen molar-refractivity contribution in [3.8, 4) is 22.3 Å². The van der Waals surface area contributed by atoms with Crippen LogP contribution in [0.3, 0.4) is 0 Å². The number of allylic oxidation sites excluding steroid dienone is 8. The first kappa shape index (κ1) is 34.6. The molecule has 57 heavy (non-hydrogen) atoms. The zero-order valence-corrected chi connectivity index (χ0v) is 31.9. The number of para-hydroxylation sites is 2. The molecule has 0 N–H and O–H groups in total. The predicted molar refractivity (Wildman–Crippen MR) is 239 cm³/mol. The third-order valence-corrected chi connectivity index (χ3v) is 11.5. The van der Waals surface area contributed by atoms with Crippen LogP contribution in [-0.2, 0) is 0 Å². The molecule has 2 unspecified atom stereocenters. The number of rotatable bonds is 9. The van der Waals surface area contributed by atoms with Gasteiger partial charge in [-0.2, -0.15) is 0 Å². The summed E-state index contributed by atoms with van der Waals surface area (Å²) in [7, 11) is 0. The molecule has 2 atom stereocenters. The summed E-state index contributed by atoms with van der Waals surface area (Å²) in [4.78, 5) is 5.02. The Balaban J connectivity index is 1.08. The number of hydrogen-bond acceptors (Lipinski definition) is 3. The van der Waals surface area contributed by atoms with Crippen molar-refractivity contribution in [3.05, 3.63) is 229 Å². The van der Waals surface area contributed by atoms with Crippen molar-refractivity contribution in [2.45, 2.75) is 37.6 Å². The third kappa shape index (κ3) is 6.98. The average Bonchev–Trinajstić information content (AvgIpc) is 3.66. The standard InChI is InChI=1S/C54H44N2O/c1-6-17-39(18-7-1)42-29-31-53-51(36-42)52-37-43(30-32-54(52)57-53)40-19-16-20-41(33-40)44-34-49(55(45-21-8-2-9-22-45)46-23-10-3-11-24-46)38-50(35-44)56(47-25-12-4-13-26-47)48-27-14-5-15-28-48/h1-4,6-14,16-23,25-33,35-38,44,46H,5,15,24,34H2. The zero-order valence-electron chi connectivity index (χ0n) is 31.9. The van der Waals surface area contributed by atoms with Crippen molar-refractivity contribution in [1.82, 2.24) is 0 Å². The van der Waals surface area contributed by atoms with Crippen molar-refractivity contribution in [3.63, 3.8) is 0 Å². The van der Waals surface area contributed by atoms with Crippen molar-refractivity contribution in [2.24, 2.45) is 0 Å². The van der Waals surface area contributed by atoms with Crippen LogP contribution in [0, 0.1) is 0 Å². The molecule has 0 saturated carbocycles. The van der Waals surface area contributed by atoms with Gasteiger partial charge in [0.1, 0.15) is 11.2 Å². The van der Waals surface area contributed by atoms with Crippen LogP contribution in [0.15, 0.2) is 228 Å². The topological polar surface area (TPSA) is 19.6 Å². The van der Waals surface area contributed by atoms with E-state index < -0.39 is 0 Å². The number of nitrogens with zero attached hydrogens (tertiary/aromatic N) is 2. The minimum absolute atomic E-state index is 0.139. The lowest BCUT2D eigenvalue weighted by atomic mass is 9.86. The second-order valence-electron chi connectivity index (χ2n) is 15.2. The van der Waals surface area contributed by atoms with Gasteiger partial charge in [-0.25, -0.2) is 0 Å². The van der Waals surface area contributed by atoms with E-state index in [4.69, 9.17) is 4.42 Å². The lowest BCUT2D eigenvalue weighted by Crippen LogP contribution is -2.36. The minimum atomic E-state index is 0.139. The molecule has 0 amide bonds. The molecule has 3 aliphatic carbocycles. The lowest BCUT2D eigenvalue weighted by molar-refractivity contribution is 0.669. The van der Waals surface area contributed by atoms with Crippen LogP contribution in [0.25, 0.3) is 44.2 Å². The van der Waals surface area contributed by atoms with Crippen LogP contribution >= 0.6 is 0 Å². The Morgan fingerprint density at radius 1 is 0.544 bits per heavy atom. The molecule has 0 spiro atoms. The summed E-state index contributed by atoms with van der Waals surface area (Å²) in [6.07, 6.45) is 24.8. The van der Waals surface area contributed by atoms with Crippen LogP contribution in [0.2, 0.25) is 0 Å². The first-order valence-corrected chi connectivity index (χ1v) is 20.2. The normalized spacial score (nSPS) is 17.6. The maximum atomic E-state index is 6.35. The number of anilines is 2. The van der Waals surface area contributed by atoms with Crippen molar-refractivity contribution in [1.29, 1.82) is 0 Å². The van der Waals surface area contributed by atoms with E-state index in [0.29, 0.717) is 0 Å². The summed E-state index contributed by atoms with van der Waals surface area (Å²) in [5.41, 5.74) is 14.0. The Bertz CT molecular complexity index is 2750. The van der Waals surface area contributed by atoms with E-state index in [1.807, 2.05) is 0 Å². The van der Waals surface area contributed by atoms with Gasteiger partial charge in [-0.15, -0.1) is 0 Å². The van der Waals surface area contributed by atoms with Gasteiger partial charge in [0.2, 0.25) is 0 Å². The van der Waals surface area contributed by atoms with E-state index in [-0.39, 0.29) is 12.0 Å². The highest BCUT2D eigenvalue weighted by atomic mass is 16.3.